The maximum absolute atomic E-state index is 12.3. The lowest BCUT2D eigenvalue weighted by molar-refractivity contribution is 0.0976. The molecule has 0 bridgehead atoms. The van der Waals surface area contributed by atoms with Crippen LogP contribution in [0.4, 0.5) is 11.7 Å². The fraction of sp³-hybridized carbons (Fsp3) is 0.143. The monoisotopic (exact) mass is 435 g/mol. The van der Waals surface area contributed by atoms with Crippen molar-refractivity contribution >= 4 is 27.6 Å². The minimum atomic E-state index is -3.77. The van der Waals surface area contributed by atoms with Gasteiger partial charge in [0.15, 0.2) is 5.69 Å². The number of rotatable bonds is 6. The minimum Gasteiger partial charge on any atom is -0.428 e. The second kappa shape index (κ2) is 8.69. The second-order valence-electron chi connectivity index (χ2n) is 6.66. The molecule has 0 unspecified atom stereocenters. The zero-order valence-corrected chi connectivity index (χ0v) is 17.5. The van der Waals surface area contributed by atoms with Crippen LogP contribution in [0.3, 0.4) is 0 Å². The number of nitrogens with one attached hydrogen (secondary N) is 1. The average molecular weight is 435 g/mol. The van der Waals surface area contributed by atoms with Gasteiger partial charge in [-0.25, -0.2) is 13.1 Å². The van der Waals surface area contributed by atoms with Gasteiger partial charge < -0.3 is 4.42 Å². The number of carbonyl (C=O) groups is 1. The average Bonchev–Trinajstić information content (AvgIpc) is 3.13. The van der Waals surface area contributed by atoms with Gasteiger partial charge >= 0.3 is 6.01 Å². The van der Waals surface area contributed by atoms with E-state index >= 15 is 0 Å². The van der Waals surface area contributed by atoms with Crippen LogP contribution < -0.4 is 9.62 Å². The summed E-state index contributed by atoms with van der Waals surface area (Å²) in [5.74, 6) is -0.747. The minimum absolute atomic E-state index is 0.0743. The highest BCUT2D eigenvalue weighted by atomic mass is 32.2. The van der Waals surface area contributed by atoms with Crippen LogP contribution in [0.5, 0.6) is 0 Å². The molecule has 0 aliphatic carbocycles. The number of anilines is 2. The number of amides is 1. The van der Waals surface area contributed by atoms with E-state index in [1.807, 2.05) is 10.8 Å². The SMILES string of the molecule is Cc1oc(N(Cc2ccc(C#N)cc2)c2ccc(C#N)cc2)nc1C(=O)NS(C)(=O)=O. The molecule has 31 heavy (non-hydrogen) atoms. The molecule has 0 radical (unpaired) electrons. The number of hydrogen-bond donors (Lipinski definition) is 1. The highest BCUT2D eigenvalue weighted by molar-refractivity contribution is 7.89. The van der Waals surface area contributed by atoms with Crippen molar-refractivity contribution in [3.8, 4) is 12.1 Å². The smallest absolute Gasteiger partial charge is 0.303 e. The third-order valence-corrected chi connectivity index (χ3v) is 4.80. The quantitative estimate of drug-likeness (QED) is 0.623. The van der Waals surface area contributed by atoms with Gasteiger partial charge in [0.25, 0.3) is 5.91 Å². The van der Waals surface area contributed by atoms with E-state index in [1.54, 1.807) is 53.4 Å². The largest absolute Gasteiger partial charge is 0.428 e. The van der Waals surface area contributed by atoms with Crippen molar-refractivity contribution in [1.82, 2.24) is 9.71 Å². The molecule has 1 N–H and O–H groups in total. The summed E-state index contributed by atoms with van der Waals surface area (Å²) >= 11 is 0. The molecule has 3 aromatic rings. The molecule has 1 aromatic heterocycles. The summed E-state index contributed by atoms with van der Waals surface area (Å²) < 4.78 is 30.3. The summed E-state index contributed by atoms with van der Waals surface area (Å²) in [7, 11) is -3.77. The van der Waals surface area contributed by atoms with E-state index in [0.717, 1.165) is 11.8 Å². The van der Waals surface area contributed by atoms with Crippen LogP contribution in [0.2, 0.25) is 0 Å². The highest BCUT2D eigenvalue weighted by Gasteiger charge is 2.24. The Morgan fingerprint density at radius 3 is 2.13 bits per heavy atom. The molecule has 0 spiro atoms. The first-order valence-corrected chi connectivity index (χ1v) is 10.9. The molecule has 0 aliphatic rings. The van der Waals surface area contributed by atoms with Crippen molar-refractivity contribution < 1.29 is 17.6 Å². The summed E-state index contributed by atoms with van der Waals surface area (Å²) in [4.78, 5) is 18.1. The van der Waals surface area contributed by atoms with Gasteiger partial charge in [-0.1, -0.05) is 12.1 Å². The molecule has 9 nitrogen and oxygen atoms in total. The first kappa shape index (κ1) is 21.6. The van der Waals surface area contributed by atoms with E-state index in [4.69, 9.17) is 14.9 Å². The number of sulfonamides is 1. The fourth-order valence-electron chi connectivity index (χ4n) is 2.78. The molecule has 3 rings (SSSR count). The summed E-state index contributed by atoms with van der Waals surface area (Å²) in [6.07, 6.45) is 0.870. The van der Waals surface area contributed by atoms with Gasteiger partial charge in [0.1, 0.15) is 5.76 Å². The Labute approximate surface area is 179 Å². The number of benzene rings is 2. The maximum Gasteiger partial charge on any atom is 0.303 e. The molecular formula is C21H17N5O4S. The Bertz CT molecular complexity index is 1300. The normalized spacial score (nSPS) is 10.7. The number of hydrogen-bond acceptors (Lipinski definition) is 8. The summed E-state index contributed by atoms with van der Waals surface area (Å²) in [6, 6.07) is 17.8. The van der Waals surface area contributed by atoms with E-state index in [0.29, 0.717) is 16.8 Å². The standard InChI is InChI=1S/C21H17N5O4S/c1-14-19(20(27)25-31(2,28)29)24-21(30-14)26(18-9-7-16(12-23)8-10-18)13-17-5-3-15(11-22)4-6-17/h3-10H,13H2,1-2H3,(H,25,27). The van der Waals surface area contributed by atoms with E-state index in [9.17, 15) is 13.2 Å². The van der Waals surface area contributed by atoms with E-state index in [1.165, 1.54) is 6.92 Å². The molecular weight excluding hydrogens is 418 g/mol. The lowest BCUT2D eigenvalue weighted by atomic mass is 10.1. The molecule has 0 saturated heterocycles. The van der Waals surface area contributed by atoms with Gasteiger partial charge in [-0.05, 0) is 48.9 Å². The highest BCUT2D eigenvalue weighted by Crippen LogP contribution is 2.29. The van der Waals surface area contributed by atoms with Gasteiger partial charge in [-0.15, -0.1) is 0 Å². The first-order chi connectivity index (χ1) is 14.7. The third-order valence-electron chi connectivity index (χ3n) is 4.24. The second-order valence-corrected chi connectivity index (χ2v) is 8.41. The molecule has 0 fully saturated rings. The van der Waals surface area contributed by atoms with Crippen molar-refractivity contribution in [1.29, 1.82) is 10.5 Å². The van der Waals surface area contributed by atoms with Crippen LogP contribution in [0.25, 0.3) is 0 Å². The van der Waals surface area contributed by atoms with Crippen molar-refractivity contribution in [3.63, 3.8) is 0 Å². The molecule has 10 heteroatoms. The summed E-state index contributed by atoms with van der Waals surface area (Å²) in [6.45, 7) is 1.79. The van der Waals surface area contributed by atoms with Crippen LogP contribution in [0, 0.1) is 29.6 Å². The molecule has 0 atom stereocenters. The molecule has 1 heterocycles. The van der Waals surface area contributed by atoms with Crippen LogP contribution >= 0.6 is 0 Å². The molecule has 0 aliphatic heterocycles. The Hall–Kier alpha value is -4.15. The fourth-order valence-corrected chi connectivity index (χ4v) is 3.21. The van der Waals surface area contributed by atoms with Gasteiger partial charge in [-0.2, -0.15) is 15.5 Å². The topological polar surface area (TPSA) is 140 Å². The van der Waals surface area contributed by atoms with Crippen molar-refractivity contribution in [3.05, 3.63) is 76.7 Å². The molecule has 0 saturated carbocycles. The summed E-state index contributed by atoms with van der Waals surface area (Å²) in [5, 5.41) is 18.0. The number of aromatic nitrogens is 1. The van der Waals surface area contributed by atoms with Crippen molar-refractivity contribution in [2.24, 2.45) is 0 Å². The maximum atomic E-state index is 12.3. The third kappa shape index (κ3) is 5.26. The van der Waals surface area contributed by atoms with Gasteiger partial charge in [0, 0.05) is 5.69 Å². The van der Waals surface area contributed by atoms with Gasteiger partial charge in [0.2, 0.25) is 10.0 Å². The first-order valence-electron chi connectivity index (χ1n) is 8.96. The zero-order chi connectivity index (χ0) is 22.6. The van der Waals surface area contributed by atoms with Crippen molar-refractivity contribution in [2.75, 3.05) is 11.2 Å². The Kier molecular flexibility index (Phi) is 6.05. The number of aryl methyl sites for hydroxylation is 1. The van der Waals surface area contributed by atoms with Crippen LogP contribution in [0.15, 0.2) is 52.9 Å². The van der Waals surface area contributed by atoms with Gasteiger partial charge in [-0.3, -0.25) is 9.69 Å². The number of nitrogens with zero attached hydrogens (tertiary/aromatic N) is 4. The summed E-state index contributed by atoms with van der Waals surface area (Å²) in [5.41, 5.74) is 2.30. The lowest BCUT2D eigenvalue weighted by Crippen LogP contribution is -2.30. The molecule has 2 aromatic carbocycles. The van der Waals surface area contributed by atoms with Crippen molar-refractivity contribution in [2.45, 2.75) is 13.5 Å². The van der Waals surface area contributed by atoms with Gasteiger partial charge in [0.05, 0.1) is 36.1 Å². The zero-order valence-electron chi connectivity index (χ0n) is 16.7. The number of nitriles is 2. The van der Waals surface area contributed by atoms with E-state index in [-0.39, 0.29) is 24.0 Å². The van der Waals surface area contributed by atoms with Crippen LogP contribution in [0.1, 0.15) is 32.9 Å². The molecule has 1 amide bonds. The Morgan fingerprint density at radius 1 is 1.06 bits per heavy atom. The Balaban J connectivity index is 2.01. The van der Waals surface area contributed by atoms with Crippen LogP contribution in [-0.4, -0.2) is 25.6 Å². The number of carbonyl (C=O) groups excluding carboxylic acids is 1. The predicted molar refractivity (Wildman–Crippen MR) is 112 cm³/mol. The predicted octanol–water partition coefficient (Wildman–Crippen LogP) is 2.75. The number of oxazole rings is 1. The van der Waals surface area contributed by atoms with E-state index in [2.05, 4.69) is 11.1 Å². The van der Waals surface area contributed by atoms with E-state index < -0.39 is 15.9 Å². The van der Waals surface area contributed by atoms with Crippen LogP contribution in [-0.2, 0) is 16.6 Å². The Morgan fingerprint density at radius 2 is 1.61 bits per heavy atom. The lowest BCUT2D eigenvalue weighted by Gasteiger charge is -2.21. The molecule has 156 valence electrons.